The number of rotatable bonds is 3. The van der Waals surface area contributed by atoms with Crippen molar-refractivity contribution in [2.75, 3.05) is 5.75 Å². The van der Waals surface area contributed by atoms with Crippen molar-refractivity contribution in [3.63, 3.8) is 0 Å². The maximum atomic E-state index is 11.4. The molecule has 1 aromatic rings. The van der Waals surface area contributed by atoms with Crippen molar-refractivity contribution in [3.05, 3.63) is 29.8 Å². The van der Waals surface area contributed by atoms with Crippen molar-refractivity contribution in [2.24, 2.45) is 5.73 Å². The fourth-order valence-corrected chi connectivity index (χ4v) is 1.09. The van der Waals surface area contributed by atoms with Crippen molar-refractivity contribution in [1.29, 1.82) is 0 Å². The highest BCUT2D eigenvalue weighted by Gasteiger charge is 2.13. The number of phenolic OH excluding ortho intramolecular Hbond substituents is 1. The number of benzene rings is 1. The summed E-state index contributed by atoms with van der Waals surface area (Å²) < 4.78 is 0. The third-order valence-electron chi connectivity index (χ3n) is 1.69. The normalized spacial score (nSPS) is 12.5. The maximum Gasteiger partial charge on any atom is 0.180 e. The summed E-state index contributed by atoms with van der Waals surface area (Å²) in [6.45, 7) is 0. The molecule has 0 saturated heterocycles. The Bertz CT molecular complexity index is 297. The Morgan fingerprint density at radius 2 is 2.00 bits per heavy atom. The van der Waals surface area contributed by atoms with Crippen LogP contribution < -0.4 is 5.73 Å². The Hall–Kier alpha value is -1.00. The lowest BCUT2D eigenvalue weighted by atomic mass is 10.1. The van der Waals surface area contributed by atoms with E-state index in [1.54, 1.807) is 12.1 Å². The number of Topliss-reactive ketones (excluding diaryl/α,β-unsaturated/α-hetero) is 1. The molecule has 0 aliphatic rings. The molecule has 0 saturated carbocycles. The summed E-state index contributed by atoms with van der Waals surface area (Å²) in [5.74, 6) is 0.297. The molecule has 1 rings (SSSR count). The molecule has 0 aliphatic heterocycles. The molecule has 4 heteroatoms. The summed E-state index contributed by atoms with van der Waals surface area (Å²) in [4.78, 5) is 11.4. The number of hydrogen-bond donors (Lipinski definition) is 3. The van der Waals surface area contributed by atoms with Crippen LogP contribution in [0.2, 0.25) is 0 Å². The van der Waals surface area contributed by atoms with E-state index in [0.717, 1.165) is 0 Å². The molecule has 0 aromatic heterocycles. The maximum absolute atomic E-state index is 11.4. The number of hydrogen-bond acceptors (Lipinski definition) is 4. The van der Waals surface area contributed by atoms with Crippen LogP contribution in [0.15, 0.2) is 24.3 Å². The van der Waals surface area contributed by atoms with Gasteiger partial charge in [-0.05, 0) is 24.3 Å². The van der Waals surface area contributed by atoms with E-state index in [2.05, 4.69) is 12.6 Å². The smallest absolute Gasteiger partial charge is 0.180 e. The average Bonchev–Trinajstić information content (AvgIpc) is 2.17. The van der Waals surface area contributed by atoms with E-state index in [4.69, 9.17) is 10.8 Å². The van der Waals surface area contributed by atoms with Gasteiger partial charge in [0.15, 0.2) is 5.78 Å². The van der Waals surface area contributed by atoms with Gasteiger partial charge >= 0.3 is 0 Å². The summed E-state index contributed by atoms with van der Waals surface area (Å²) in [7, 11) is 0. The molecule has 1 aromatic carbocycles. The first-order valence-electron chi connectivity index (χ1n) is 3.85. The zero-order chi connectivity index (χ0) is 9.84. The van der Waals surface area contributed by atoms with Gasteiger partial charge < -0.3 is 10.8 Å². The second-order valence-electron chi connectivity index (χ2n) is 2.70. The SMILES string of the molecule is N[C@@H](CS)C(=O)c1ccc(O)cc1. The molecule has 0 fully saturated rings. The fourth-order valence-electron chi connectivity index (χ4n) is 0.923. The summed E-state index contributed by atoms with van der Waals surface area (Å²) in [5, 5.41) is 8.98. The molecule has 0 spiro atoms. The lowest BCUT2D eigenvalue weighted by Crippen LogP contribution is -2.32. The Morgan fingerprint density at radius 1 is 1.46 bits per heavy atom. The molecular formula is C9H11NO2S. The monoisotopic (exact) mass is 197 g/mol. The summed E-state index contributed by atoms with van der Waals surface area (Å²) in [6.07, 6.45) is 0. The van der Waals surface area contributed by atoms with E-state index in [1.165, 1.54) is 12.1 Å². The number of ketones is 1. The first-order chi connectivity index (χ1) is 6.15. The standard InChI is InChI=1S/C9H11NO2S/c10-8(5-13)9(12)6-1-3-7(11)4-2-6/h1-4,8,11,13H,5,10H2/t8-/m0/s1. The van der Waals surface area contributed by atoms with E-state index in [9.17, 15) is 4.79 Å². The van der Waals surface area contributed by atoms with Crippen LogP contribution >= 0.6 is 12.6 Å². The fraction of sp³-hybridized carbons (Fsp3) is 0.222. The molecule has 1 atom stereocenters. The summed E-state index contributed by atoms with van der Waals surface area (Å²) in [6, 6.07) is 5.42. The van der Waals surface area contributed by atoms with Gasteiger partial charge in [-0.2, -0.15) is 12.6 Å². The molecule has 3 N–H and O–H groups in total. The molecular weight excluding hydrogens is 186 g/mol. The van der Waals surface area contributed by atoms with Gasteiger partial charge in [-0.15, -0.1) is 0 Å². The molecule has 0 aliphatic carbocycles. The van der Waals surface area contributed by atoms with Gasteiger partial charge in [-0.25, -0.2) is 0 Å². The first kappa shape index (κ1) is 10.1. The first-order valence-corrected chi connectivity index (χ1v) is 4.48. The number of aromatic hydroxyl groups is 1. The zero-order valence-corrected chi connectivity index (χ0v) is 7.87. The third-order valence-corrected chi connectivity index (χ3v) is 2.08. The van der Waals surface area contributed by atoms with Crippen molar-refractivity contribution in [1.82, 2.24) is 0 Å². The molecule has 3 nitrogen and oxygen atoms in total. The van der Waals surface area contributed by atoms with Crippen LogP contribution in [-0.4, -0.2) is 22.7 Å². The predicted octanol–water partition coefficient (Wildman–Crippen LogP) is 0.832. The van der Waals surface area contributed by atoms with Gasteiger partial charge in [0, 0.05) is 11.3 Å². The minimum absolute atomic E-state index is 0.135. The van der Waals surface area contributed by atoms with Gasteiger partial charge in [0.1, 0.15) is 5.75 Å². The van der Waals surface area contributed by atoms with E-state index >= 15 is 0 Å². The zero-order valence-electron chi connectivity index (χ0n) is 6.97. The lowest BCUT2D eigenvalue weighted by molar-refractivity contribution is 0.0970. The quantitative estimate of drug-likeness (QED) is 0.497. The Kier molecular flexibility index (Phi) is 3.33. The van der Waals surface area contributed by atoms with E-state index in [1.807, 2.05) is 0 Å². The van der Waals surface area contributed by atoms with E-state index in [-0.39, 0.29) is 11.5 Å². The summed E-state index contributed by atoms with van der Waals surface area (Å²) >= 11 is 3.93. The minimum Gasteiger partial charge on any atom is -0.508 e. The lowest BCUT2D eigenvalue weighted by Gasteiger charge is -2.06. The second kappa shape index (κ2) is 4.30. The van der Waals surface area contributed by atoms with Crippen molar-refractivity contribution in [2.45, 2.75) is 6.04 Å². The Labute approximate surface area is 82.0 Å². The average molecular weight is 197 g/mol. The van der Waals surface area contributed by atoms with Gasteiger partial charge in [0.2, 0.25) is 0 Å². The van der Waals surface area contributed by atoms with Crippen LogP contribution in [0.1, 0.15) is 10.4 Å². The van der Waals surface area contributed by atoms with Gasteiger partial charge in [0.05, 0.1) is 6.04 Å². The Balaban J connectivity index is 2.83. The number of carbonyl (C=O) groups excluding carboxylic acids is 1. The summed E-state index contributed by atoms with van der Waals surface area (Å²) in [5.41, 5.74) is 6.00. The topological polar surface area (TPSA) is 63.3 Å². The predicted molar refractivity (Wildman–Crippen MR) is 54.3 cm³/mol. The number of phenols is 1. The highest BCUT2D eigenvalue weighted by atomic mass is 32.1. The highest BCUT2D eigenvalue weighted by molar-refractivity contribution is 7.80. The van der Waals surface area contributed by atoms with Crippen molar-refractivity contribution < 1.29 is 9.90 Å². The Morgan fingerprint density at radius 3 is 2.46 bits per heavy atom. The van der Waals surface area contributed by atoms with Crippen molar-refractivity contribution >= 4 is 18.4 Å². The molecule has 0 amide bonds. The molecule has 0 heterocycles. The van der Waals surface area contributed by atoms with E-state index in [0.29, 0.717) is 11.3 Å². The van der Waals surface area contributed by atoms with E-state index < -0.39 is 6.04 Å². The molecule has 13 heavy (non-hydrogen) atoms. The van der Waals surface area contributed by atoms with Crippen molar-refractivity contribution in [3.8, 4) is 5.75 Å². The number of carbonyl (C=O) groups is 1. The largest absolute Gasteiger partial charge is 0.508 e. The minimum atomic E-state index is -0.576. The third kappa shape index (κ3) is 2.47. The van der Waals surface area contributed by atoms with Crippen LogP contribution in [0.25, 0.3) is 0 Å². The molecule has 0 unspecified atom stereocenters. The molecule has 0 bridgehead atoms. The number of thiol groups is 1. The molecule has 0 radical (unpaired) electrons. The van der Waals surface area contributed by atoms with Gasteiger partial charge in [0.25, 0.3) is 0 Å². The van der Waals surface area contributed by atoms with Crippen LogP contribution in [0.3, 0.4) is 0 Å². The van der Waals surface area contributed by atoms with Gasteiger partial charge in [-0.3, -0.25) is 4.79 Å². The second-order valence-corrected chi connectivity index (χ2v) is 3.07. The van der Waals surface area contributed by atoms with Gasteiger partial charge in [-0.1, -0.05) is 0 Å². The number of nitrogens with two attached hydrogens (primary N) is 1. The van der Waals surface area contributed by atoms with Crippen LogP contribution in [0.4, 0.5) is 0 Å². The van der Waals surface area contributed by atoms with Crippen LogP contribution in [0, 0.1) is 0 Å². The van der Waals surface area contributed by atoms with Crippen LogP contribution in [0.5, 0.6) is 5.75 Å². The molecule has 70 valence electrons. The highest BCUT2D eigenvalue weighted by Crippen LogP contribution is 2.11. The van der Waals surface area contributed by atoms with Crippen LogP contribution in [-0.2, 0) is 0 Å².